The van der Waals surface area contributed by atoms with Crippen LogP contribution in [0.25, 0.3) is 53.2 Å². The van der Waals surface area contributed by atoms with Crippen LogP contribution < -0.4 is 0 Å². The van der Waals surface area contributed by atoms with Gasteiger partial charge >= 0.3 is 0 Å². The van der Waals surface area contributed by atoms with Gasteiger partial charge in [-0.05, 0) is 47.5 Å². The first-order chi connectivity index (χ1) is 13.3. The zero-order chi connectivity index (χ0) is 18.0. The second-order valence-corrected chi connectivity index (χ2v) is 8.28. The molecule has 0 bridgehead atoms. The van der Waals surface area contributed by atoms with Crippen molar-refractivity contribution in [2.45, 2.75) is 0 Å². The quantitative estimate of drug-likeness (QED) is 0.278. The maximum absolute atomic E-state index is 6.10. The molecule has 0 spiro atoms. The SMILES string of the molecule is Clc1ccc2c(c1)oc1ccc(-c3ccc4c(c3)sc3ccccc34)cc12. The van der Waals surface area contributed by atoms with E-state index in [1.807, 2.05) is 35.6 Å². The molecule has 3 heteroatoms. The van der Waals surface area contributed by atoms with Crippen LogP contribution in [0.15, 0.2) is 83.3 Å². The largest absolute Gasteiger partial charge is 0.456 e. The summed E-state index contributed by atoms with van der Waals surface area (Å²) in [4.78, 5) is 0. The molecule has 0 radical (unpaired) electrons. The van der Waals surface area contributed by atoms with E-state index in [9.17, 15) is 0 Å². The van der Waals surface area contributed by atoms with Crippen molar-refractivity contribution in [2.75, 3.05) is 0 Å². The second-order valence-electron chi connectivity index (χ2n) is 6.76. The summed E-state index contributed by atoms with van der Waals surface area (Å²) in [6, 6.07) is 27.5. The molecule has 0 fully saturated rings. The molecule has 6 rings (SSSR count). The molecule has 6 aromatic rings. The minimum atomic E-state index is 0.692. The Bertz CT molecular complexity index is 1490. The molecule has 0 aliphatic carbocycles. The van der Waals surface area contributed by atoms with Gasteiger partial charge in [0.05, 0.1) is 0 Å². The van der Waals surface area contributed by atoms with Gasteiger partial charge in [0.15, 0.2) is 0 Å². The predicted molar refractivity (Wildman–Crippen MR) is 117 cm³/mol. The van der Waals surface area contributed by atoms with Crippen LogP contribution in [0, 0.1) is 0 Å². The first kappa shape index (κ1) is 15.3. The second kappa shape index (κ2) is 5.59. The van der Waals surface area contributed by atoms with Crippen molar-refractivity contribution in [3.63, 3.8) is 0 Å². The van der Waals surface area contributed by atoms with Crippen molar-refractivity contribution in [2.24, 2.45) is 0 Å². The van der Waals surface area contributed by atoms with Crippen LogP contribution in [0.3, 0.4) is 0 Å². The fraction of sp³-hybridized carbons (Fsp3) is 0. The van der Waals surface area contributed by atoms with E-state index >= 15 is 0 Å². The maximum atomic E-state index is 6.10. The topological polar surface area (TPSA) is 13.1 Å². The summed E-state index contributed by atoms with van der Waals surface area (Å²) in [6.07, 6.45) is 0. The summed E-state index contributed by atoms with van der Waals surface area (Å²) in [5, 5.41) is 5.56. The van der Waals surface area contributed by atoms with Crippen molar-refractivity contribution in [3.05, 3.63) is 83.9 Å². The molecular formula is C24H13ClOS. The lowest BCUT2D eigenvalue weighted by Gasteiger charge is -2.02. The summed E-state index contributed by atoms with van der Waals surface area (Å²) in [6.45, 7) is 0. The Morgan fingerprint density at radius 3 is 2.33 bits per heavy atom. The molecule has 0 aliphatic rings. The fourth-order valence-corrected chi connectivity index (χ4v) is 5.14. The van der Waals surface area contributed by atoms with Gasteiger partial charge < -0.3 is 4.42 Å². The lowest BCUT2D eigenvalue weighted by molar-refractivity contribution is 0.669. The van der Waals surface area contributed by atoms with Crippen molar-refractivity contribution in [1.29, 1.82) is 0 Å². The Morgan fingerprint density at radius 2 is 1.37 bits per heavy atom. The smallest absolute Gasteiger partial charge is 0.136 e. The molecule has 128 valence electrons. The number of halogens is 1. The van der Waals surface area contributed by atoms with Gasteiger partial charge in [0.25, 0.3) is 0 Å². The van der Waals surface area contributed by atoms with E-state index < -0.39 is 0 Å². The average Bonchev–Trinajstić information content (AvgIpc) is 3.24. The van der Waals surface area contributed by atoms with Gasteiger partial charge in [-0.1, -0.05) is 48.0 Å². The number of fused-ring (bicyclic) bond motifs is 6. The lowest BCUT2D eigenvalue weighted by atomic mass is 10.0. The van der Waals surface area contributed by atoms with Gasteiger partial charge in [-0.2, -0.15) is 0 Å². The Morgan fingerprint density at radius 1 is 0.593 bits per heavy atom. The van der Waals surface area contributed by atoms with Crippen LogP contribution in [0.2, 0.25) is 5.02 Å². The average molecular weight is 385 g/mol. The monoisotopic (exact) mass is 384 g/mol. The van der Waals surface area contributed by atoms with E-state index in [0.717, 1.165) is 21.9 Å². The summed E-state index contributed by atoms with van der Waals surface area (Å²) in [5.41, 5.74) is 4.13. The molecule has 1 nitrogen and oxygen atoms in total. The highest BCUT2D eigenvalue weighted by atomic mass is 35.5. The lowest BCUT2D eigenvalue weighted by Crippen LogP contribution is -1.77. The molecule has 2 heterocycles. The van der Waals surface area contributed by atoms with Gasteiger partial charge in [-0.15, -0.1) is 11.3 Å². The first-order valence-corrected chi connectivity index (χ1v) is 9.99. The van der Waals surface area contributed by atoms with Crippen LogP contribution >= 0.6 is 22.9 Å². The highest BCUT2D eigenvalue weighted by Crippen LogP contribution is 2.38. The van der Waals surface area contributed by atoms with Gasteiger partial charge in [-0.25, -0.2) is 0 Å². The zero-order valence-corrected chi connectivity index (χ0v) is 15.8. The van der Waals surface area contributed by atoms with Crippen LogP contribution in [0.4, 0.5) is 0 Å². The minimum absolute atomic E-state index is 0.692. The first-order valence-electron chi connectivity index (χ1n) is 8.80. The van der Waals surface area contributed by atoms with Crippen LogP contribution in [-0.4, -0.2) is 0 Å². The van der Waals surface area contributed by atoms with Crippen LogP contribution in [0.5, 0.6) is 0 Å². The van der Waals surface area contributed by atoms with E-state index in [-0.39, 0.29) is 0 Å². The summed E-state index contributed by atoms with van der Waals surface area (Å²) < 4.78 is 8.60. The fourth-order valence-electron chi connectivity index (χ4n) is 3.84. The molecule has 0 atom stereocenters. The van der Waals surface area contributed by atoms with E-state index in [1.54, 1.807) is 0 Å². The Balaban J connectivity index is 1.57. The Kier molecular flexibility index (Phi) is 3.16. The van der Waals surface area contributed by atoms with Gasteiger partial charge in [0, 0.05) is 42.0 Å². The summed E-state index contributed by atoms with van der Waals surface area (Å²) in [7, 11) is 0. The third kappa shape index (κ3) is 2.31. The molecule has 0 unspecified atom stereocenters. The zero-order valence-electron chi connectivity index (χ0n) is 14.2. The van der Waals surface area contributed by atoms with Crippen molar-refractivity contribution >= 4 is 65.0 Å². The number of rotatable bonds is 1. The predicted octanol–water partition coefficient (Wildman–Crippen LogP) is 8.27. The van der Waals surface area contributed by atoms with E-state index in [1.165, 1.54) is 31.3 Å². The van der Waals surface area contributed by atoms with Crippen LogP contribution in [-0.2, 0) is 0 Å². The Hall–Kier alpha value is -2.81. The number of hydrogen-bond acceptors (Lipinski definition) is 2. The Labute approximate surface area is 164 Å². The third-order valence-electron chi connectivity index (χ3n) is 5.15. The molecule has 0 aliphatic heterocycles. The van der Waals surface area contributed by atoms with Crippen molar-refractivity contribution < 1.29 is 4.42 Å². The molecule has 4 aromatic carbocycles. The van der Waals surface area contributed by atoms with E-state index in [4.69, 9.17) is 16.0 Å². The maximum Gasteiger partial charge on any atom is 0.136 e. The van der Waals surface area contributed by atoms with Gasteiger partial charge in [0.2, 0.25) is 0 Å². The highest BCUT2D eigenvalue weighted by molar-refractivity contribution is 7.25. The molecule has 0 saturated carbocycles. The molecule has 0 saturated heterocycles. The molecule has 27 heavy (non-hydrogen) atoms. The van der Waals surface area contributed by atoms with Gasteiger partial charge in [0.1, 0.15) is 11.2 Å². The summed E-state index contributed by atoms with van der Waals surface area (Å²) in [5.74, 6) is 0. The van der Waals surface area contributed by atoms with Crippen molar-refractivity contribution in [1.82, 2.24) is 0 Å². The van der Waals surface area contributed by atoms with E-state index in [0.29, 0.717) is 5.02 Å². The normalized spacial score (nSPS) is 11.9. The number of hydrogen-bond donors (Lipinski definition) is 0. The summed E-state index contributed by atoms with van der Waals surface area (Å²) >= 11 is 7.95. The van der Waals surface area contributed by atoms with Crippen LogP contribution in [0.1, 0.15) is 0 Å². The molecule has 0 amide bonds. The molecule has 0 N–H and O–H groups in total. The number of benzene rings is 4. The molecular weight excluding hydrogens is 372 g/mol. The highest BCUT2D eigenvalue weighted by Gasteiger charge is 2.10. The third-order valence-corrected chi connectivity index (χ3v) is 6.51. The molecule has 2 aromatic heterocycles. The number of furan rings is 1. The van der Waals surface area contributed by atoms with Crippen molar-refractivity contribution in [3.8, 4) is 11.1 Å². The van der Waals surface area contributed by atoms with Gasteiger partial charge in [-0.3, -0.25) is 0 Å². The number of thiophene rings is 1. The standard InChI is InChI=1S/C24H13ClOS/c25-16-7-9-17-20-11-14(6-10-21(20)26-22(17)13-16)15-5-8-19-18-3-1-2-4-23(18)27-24(19)12-15/h1-13H. The minimum Gasteiger partial charge on any atom is -0.456 e. The van der Waals surface area contributed by atoms with E-state index in [2.05, 4.69) is 54.6 Å².